The van der Waals surface area contributed by atoms with Gasteiger partial charge in [-0.2, -0.15) is 4.31 Å². The first-order valence-corrected chi connectivity index (χ1v) is 8.26. The number of sulfonamides is 1. The van der Waals surface area contributed by atoms with Crippen molar-refractivity contribution in [3.05, 3.63) is 28.5 Å². The second-order valence-electron chi connectivity index (χ2n) is 4.84. The molecular formula is C12H16BrFN2O2S. The molecule has 0 amide bonds. The molecule has 1 fully saturated rings. The third kappa shape index (κ3) is 2.84. The maximum atomic E-state index is 13.1. The average Bonchev–Trinajstić information content (AvgIpc) is 2.70. The van der Waals surface area contributed by atoms with Gasteiger partial charge in [-0.3, -0.25) is 0 Å². The Balaban J connectivity index is 2.37. The van der Waals surface area contributed by atoms with E-state index in [1.807, 2.05) is 6.92 Å². The van der Waals surface area contributed by atoms with Crippen molar-refractivity contribution in [2.75, 3.05) is 13.1 Å². The monoisotopic (exact) mass is 350 g/mol. The molecule has 7 heteroatoms. The summed E-state index contributed by atoms with van der Waals surface area (Å²) < 4.78 is 39.9. The average molecular weight is 351 g/mol. The molecule has 1 aromatic rings. The van der Waals surface area contributed by atoms with E-state index in [-0.39, 0.29) is 21.3 Å². The SMILES string of the molecule is CC1CC(CN)CN1S(=O)(=O)c1ccc(F)cc1Br. The van der Waals surface area contributed by atoms with Crippen LogP contribution in [-0.4, -0.2) is 31.9 Å². The first-order valence-electron chi connectivity index (χ1n) is 6.03. The molecule has 2 rings (SSSR count). The quantitative estimate of drug-likeness (QED) is 0.905. The minimum Gasteiger partial charge on any atom is -0.330 e. The minimum atomic E-state index is -3.61. The highest BCUT2D eigenvalue weighted by Gasteiger charge is 2.38. The molecule has 19 heavy (non-hydrogen) atoms. The van der Waals surface area contributed by atoms with Crippen LogP contribution in [0.3, 0.4) is 0 Å². The van der Waals surface area contributed by atoms with Gasteiger partial charge < -0.3 is 5.73 Å². The number of nitrogens with zero attached hydrogens (tertiary/aromatic N) is 1. The number of hydrogen-bond donors (Lipinski definition) is 1. The van der Waals surface area contributed by atoms with E-state index in [1.54, 1.807) is 0 Å². The van der Waals surface area contributed by atoms with Crippen LogP contribution in [-0.2, 0) is 10.0 Å². The highest BCUT2D eigenvalue weighted by molar-refractivity contribution is 9.10. The lowest BCUT2D eigenvalue weighted by atomic mass is 10.1. The summed E-state index contributed by atoms with van der Waals surface area (Å²) in [5, 5.41) is 0. The standard InChI is InChI=1S/C12H16BrFN2O2S/c1-8-4-9(6-15)7-16(8)19(17,18)12-3-2-10(14)5-11(12)13/h2-3,5,8-9H,4,6-7,15H2,1H3. The lowest BCUT2D eigenvalue weighted by Crippen LogP contribution is -2.34. The van der Waals surface area contributed by atoms with Gasteiger partial charge in [0.15, 0.2) is 0 Å². The van der Waals surface area contributed by atoms with Gasteiger partial charge in [0.05, 0.1) is 4.90 Å². The second-order valence-corrected chi connectivity index (χ2v) is 7.55. The first kappa shape index (κ1) is 14.9. The molecule has 1 aliphatic rings. The van der Waals surface area contributed by atoms with E-state index in [1.165, 1.54) is 10.4 Å². The molecule has 2 N–H and O–H groups in total. The minimum absolute atomic E-state index is 0.0875. The van der Waals surface area contributed by atoms with E-state index in [0.717, 1.165) is 18.6 Å². The van der Waals surface area contributed by atoms with Crippen LogP contribution in [0.5, 0.6) is 0 Å². The smallest absolute Gasteiger partial charge is 0.244 e. The Bertz CT molecular complexity index is 579. The zero-order valence-electron chi connectivity index (χ0n) is 10.5. The molecule has 2 atom stereocenters. The largest absolute Gasteiger partial charge is 0.330 e. The Morgan fingerprint density at radius 2 is 2.21 bits per heavy atom. The van der Waals surface area contributed by atoms with Gasteiger partial charge in [0.1, 0.15) is 5.82 Å². The van der Waals surface area contributed by atoms with Gasteiger partial charge in [-0.05, 0) is 59.9 Å². The highest BCUT2D eigenvalue weighted by Crippen LogP contribution is 2.32. The Hall–Kier alpha value is -0.500. The third-order valence-corrected chi connectivity index (χ3v) is 6.37. The molecule has 1 aromatic carbocycles. The van der Waals surface area contributed by atoms with Crippen LogP contribution in [0.4, 0.5) is 4.39 Å². The predicted molar refractivity (Wildman–Crippen MR) is 74.6 cm³/mol. The zero-order valence-corrected chi connectivity index (χ0v) is 12.9. The molecule has 0 bridgehead atoms. The van der Waals surface area contributed by atoms with Crippen LogP contribution in [0.2, 0.25) is 0 Å². The molecule has 1 heterocycles. The molecule has 0 spiro atoms. The second kappa shape index (κ2) is 5.47. The van der Waals surface area contributed by atoms with Crippen molar-refractivity contribution < 1.29 is 12.8 Å². The topological polar surface area (TPSA) is 63.4 Å². The van der Waals surface area contributed by atoms with Crippen molar-refractivity contribution in [1.29, 1.82) is 0 Å². The van der Waals surface area contributed by atoms with Crippen LogP contribution in [0.15, 0.2) is 27.6 Å². The van der Waals surface area contributed by atoms with Crippen LogP contribution < -0.4 is 5.73 Å². The van der Waals surface area contributed by atoms with E-state index >= 15 is 0 Å². The Kier molecular flexibility index (Phi) is 4.29. The van der Waals surface area contributed by atoms with Crippen LogP contribution >= 0.6 is 15.9 Å². The molecule has 1 saturated heterocycles. The Morgan fingerprint density at radius 1 is 1.53 bits per heavy atom. The molecule has 1 aliphatic heterocycles. The number of rotatable bonds is 3. The van der Waals surface area contributed by atoms with Crippen molar-refractivity contribution in [3.8, 4) is 0 Å². The number of benzene rings is 1. The lowest BCUT2D eigenvalue weighted by Gasteiger charge is -2.21. The van der Waals surface area contributed by atoms with Crippen LogP contribution in [0, 0.1) is 11.7 Å². The molecule has 2 unspecified atom stereocenters. The van der Waals surface area contributed by atoms with Gasteiger partial charge in [0.2, 0.25) is 10.0 Å². The summed E-state index contributed by atoms with van der Waals surface area (Å²) in [5.74, 6) is -0.288. The highest BCUT2D eigenvalue weighted by atomic mass is 79.9. The normalized spacial score (nSPS) is 24.8. The van der Waals surface area contributed by atoms with E-state index in [4.69, 9.17) is 5.73 Å². The van der Waals surface area contributed by atoms with Gasteiger partial charge in [-0.1, -0.05) is 0 Å². The summed E-state index contributed by atoms with van der Waals surface area (Å²) >= 11 is 3.11. The van der Waals surface area contributed by atoms with Gasteiger partial charge in [-0.15, -0.1) is 0 Å². The number of nitrogens with two attached hydrogens (primary N) is 1. The van der Waals surface area contributed by atoms with E-state index in [9.17, 15) is 12.8 Å². The summed E-state index contributed by atoms with van der Waals surface area (Å²) in [7, 11) is -3.61. The molecule has 106 valence electrons. The third-order valence-electron chi connectivity index (χ3n) is 3.42. The number of halogens is 2. The maximum absolute atomic E-state index is 13.1. The van der Waals surface area contributed by atoms with E-state index in [2.05, 4.69) is 15.9 Å². The summed E-state index contributed by atoms with van der Waals surface area (Å²) in [6, 6.07) is 3.51. The zero-order chi connectivity index (χ0) is 14.2. The summed E-state index contributed by atoms with van der Waals surface area (Å²) in [6.45, 7) is 2.76. The molecule has 0 aromatic heterocycles. The van der Waals surface area contributed by atoms with Gasteiger partial charge >= 0.3 is 0 Å². The fourth-order valence-corrected chi connectivity index (χ4v) is 5.15. The molecule has 0 saturated carbocycles. The maximum Gasteiger partial charge on any atom is 0.244 e. The van der Waals surface area contributed by atoms with Crippen molar-refractivity contribution in [1.82, 2.24) is 4.31 Å². The molecule has 4 nitrogen and oxygen atoms in total. The predicted octanol–water partition coefficient (Wildman–Crippen LogP) is 1.95. The van der Waals surface area contributed by atoms with E-state index < -0.39 is 15.8 Å². The van der Waals surface area contributed by atoms with E-state index in [0.29, 0.717) is 13.1 Å². The van der Waals surface area contributed by atoms with Crippen molar-refractivity contribution >= 4 is 26.0 Å². The molecule has 0 aliphatic carbocycles. The Morgan fingerprint density at radius 3 is 2.74 bits per heavy atom. The first-order chi connectivity index (χ1) is 8.86. The van der Waals surface area contributed by atoms with Crippen molar-refractivity contribution in [3.63, 3.8) is 0 Å². The fourth-order valence-electron chi connectivity index (χ4n) is 2.43. The summed E-state index contributed by atoms with van der Waals surface area (Å²) in [4.78, 5) is 0.0958. The fraction of sp³-hybridized carbons (Fsp3) is 0.500. The molecular weight excluding hydrogens is 335 g/mol. The van der Waals surface area contributed by atoms with Gasteiger partial charge in [-0.25, -0.2) is 12.8 Å². The Labute approximate surface area is 121 Å². The molecule has 0 radical (unpaired) electrons. The van der Waals surface area contributed by atoms with Crippen LogP contribution in [0.25, 0.3) is 0 Å². The number of hydrogen-bond acceptors (Lipinski definition) is 3. The lowest BCUT2D eigenvalue weighted by molar-refractivity contribution is 0.404. The van der Waals surface area contributed by atoms with Crippen molar-refractivity contribution in [2.45, 2.75) is 24.3 Å². The summed E-state index contributed by atoms with van der Waals surface area (Å²) in [6.07, 6.45) is 0.758. The van der Waals surface area contributed by atoms with Crippen LogP contribution in [0.1, 0.15) is 13.3 Å². The van der Waals surface area contributed by atoms with Crippen molar-refractivity contribution in [2.24, 2.45) is 11.7 Å². The summed E-state index contributed by atoms with van der Waals surface area (Å²) in [5.41, 5.74) is 5.61. The van der Waals surface area contributed by atoms with Gasteiger partial charge in [0.25, 0.3) is 0 Å². The van der Waals surface area contributed by atoms with Gasteiger partial charge in [0, 0.05) is 17.1 Å².